The SMILES string of the molecule is C=CCN1C=NSC1. The standard InChI is InChI=1S/C5H8N2S/c1-2-3-7-4-6-8-5-7/h2,4H,1,3,5H2. The second-order valence-corrected chi connectivity index (χ2v) is 2.27. The predicted octanol–water partition coefficient (Wildman–Crippen LogP) is 1.12. The minimum atomic E-state index is 0.913. The highest BCUT2D eigenvalue weighted by Gasteiger charge is 2.01. The van der Waals surface area contributed by atoms with Gasteiger partial charge in [0.15, 0.2) is 0 Å². The Balaban J connectivity index is 2.25. The zero-order chi connectivity index (χ0) is 5.82. The van der Waals surface area contributed by atoms with Crippen LogP contribution >= 0.6 is 11.9 Å². The lowest BCUT2D eigenvalue weighted by Crippen LogP contribution is -2.16. The molecule has 0 aromatic carbocycles. The van der Waals surface area contributed by atoms with Crippen LogP contribution < -0.4 is 0 Å². The van der Waals surface area contributed by atoms with Gasteiger partial charge in [-0.3, -0.25) is 0 Å². The summed E-state index contributed by atoms with van der Waals surface area (Å²) in [5.41, 5.74) is 0. The van der Waals surface area contributed by atoms with Crippen LogP contribution in [0.15, 0.2) is 17.1 Å². The van der Waals surface area contributed by atoms with Gasteiger partial charge in [0.05, 0.1) is 5.88 Å². The van der Waals surface area contributed by atoms with Crippen molar-refractivity contribution in [3.8, 4) is 0 Å². The summed E-state index contributed by atoms with van der Waals surface area (Å²) in [5, 5.41) is 0. The first-order valence-electron chi connectivity index (χ1n) is 2.44. The van der Waals surface area contributed by atoms with Crippen molar-refractivity contribution >= 4 is 18.3 Å². The highest BCUT2D eigenvalue weighted by atomic mass is 32.2. The molecule has 0 N–H and O–H groups in total. The van der Waals surface area contributed by atoms with Crippen LogP contribution in [0.25, 0.3) is 0 Å². The van der Waals surface area contributed by atoms with Gasteiger partial charge in [-0.05, 0) is 11.9 Å². The monoisotopic (exact) mass is 128 g/mol. The Morgan fingerprint density at radius 2 is 2.88 bits per heavy atom. The smallest absolute Gasteiger partial charge is 0.100 e. The zero-order valence-electron chi connectivity index (χ0n) is 4.58. The van der Waals surface area contributed by atoms with E-state index in [0.717, 1.165) is 12.4 Å². The second kappa shape index (κ2) is 2.77. The maximum Gasteiger partial charge on any atom is 0.100 e. The van der Waals surface area contributed by atoms with E-state index in [-0.39, 0.29) is 0 Å². The number of rotatable bonds is 2. The van der Waals surface area contributed by atoms with E-state index < -0.39 is 0 Å². The molecule has 0 spiro atoms. The maximum absolute atomic E-state index is 3.95. The van der Waals surface area contributed by atoms with Crippen molar-refractivity contribution in [1.82, 2.24) is 4.90 Å². The van der Waals surface area contributed by atoms with Crippen LogP contribution in [0, 0.1) is 0 Å². The van der Waals surface area contributed by atoms with Gasteiger partial charge in [0.1, 0.15) is 6.34 Å². The lowest BCUT2D eigenvalue weighted by molar-refractivity contribution is 0.571. The lowest BCUT2D eigenvalue weighted by atomic mass is 10.6. The largest absolute Gasteiger partial charge is 0.347 e. The molecule has 8 heavy (non-hydrogen) atoms. The molecule has 0 unspecified atom stereocenters. The van der Waals surface area contributed by atoms with Crippen LogP contribution in [0.3, 0.4) is 0 Å². The molecule has 0 radical (unpaired) electrons. The Kier molecular flexibility index (Phi) is 1.97. The van der Waals surface area contributed by atoms with E-state index >= 15 is 0 Å². The van der Waals surface area contributed by atoms with Gasteiger partial charge in [-0.15, -0.1) is 6.58 Å². The molecule has 1 heterocycles. The van der Waals surface area contributed by atoms with Gasteiger partial charge in [0.25, 0.3) is 0 Å². The Morgan fingerprint density at radius 1 is 2.00 bits per heavy atom. The topological polar surface area (TPSA) is 15.6 Å². The van der Waals surface area contributed by atoms with Gasteiger partial charge >= 0.3 is 0 Å². The third-order valence-corrected chi connectivity index (χ3v) is 1.56. The van der Waals surface area contributed by atoms with Crippen LogP contribution in [0.1, 0.15) is 0 Å². The summed E-state index contributed by atoms with van der Waals surface area (Å²) >= 11 is 1.57. The Labute approximate surface area is 53.4 Å². The molecule has 1 aliphatic heterocycles. The molecule has 1 rings (SSSR count). The highest BCUT2D eigenvalue weighted by Crippen LogP contribution is 2.09. The van der Waals surface area contributed by atoms with Gasteiger partial charge in [-0.1, -0.05) is 6.08 Å². The summed E-state index contributed by atoms with van der Waals surface area (Å²) in [4.78, 5) is 2.09. The maximum atomic E-state index is 3.95. The number of hydrogen-bond acceptors (Lipinski definition) is 3. The van der Waals surface area contributed by atoms with Crippen LogP contribution in [-0.2, 0) is 0 Å². The normalized spacial score (nSPS) is 17.2. The molecule has 0 aromatic rings. The molecule has 0 aliphatic carbocycles. The van der Waals surface area contributed by atoms with Crippen molar-refractivity contribution in [2.24, 2.45) is 4.40 Å². The fourth-order valence-electron chi connectivity index (χ4n) is 0.506. The third kappa shape index (κ3) is 1.26. The molecule has 0 bridgehead atoms. The number of hydrogen-bond donors (Lipinski definition) is 0. The van der Waals surface area contributed by atoms with Crippen LogP contribution in [0.5, 0.6) is 0 Å². The van der Waals surface area contributed by atoms with Crippen molar-refractivity contribution in [3.63, 3.8) is 0 Å². The molecule has 3 heteroatoms. The highest BCUT2D eigenvalue weighted by molar-refractivity contribution is 7.98. The lowest BCUT2D eigenvalue weighted by Gasteiger charge is -2.06. The van der Waals surface area contributed by atoms with Crippen molar-refractivity contribution in [2.75, 3.05) is 12.4 Å². The van der Waals surface area contributed by atoms with E-state index in [0.29, 0.717) is 0 Å². The third-order valence-electron chi connectivity index (χ3n) is 0.872. The van der Waals surface area contributed by atoms with E-state index in [1.807, 2.05) is 12.4 Å². The fourth-order valence-corrected chi connectivity index (χ4v) is 1.09. The minimum absolute atomic E-state index is 0.913. The summed E-state index contributed by atoms with van der Waals surface area (Å²) in [7, 11) is 0. The molecular weight excluding hydrogens is 120 g/mol. The summed E-state index contributed by atoms with van der Waals surface area (Å²) in [5.74, 6) is 0.978. The summed E-state index contributed by atoms with van der Waals surface area (Å²) in [6, 6.07) is 0. The van der Waals surface area contributed by atoms with Crippen molar-refractivity contribution in [3.05, 3.63) is 12.7 Å². The van der Waals surface area contributed by atoms with Gasteiger partial charge in [0.2, 0.25) is 0 Å². The van der Waals surface area contributed by atoms with Crippen LogP contribution in [0.4, 0.5) is 0 Å². The molecule has 0 fully saturated rings. The molecule has 1 aliphatic rings. The Hall–Kier alpha value is -0.440. The first kappa shape index (κ1) is 5.69. The summed E-state index contributed by atoms with van der Waals surface area (Å²) < 4.78 is 3.95. The van der Waals surface area contributed by atoms with Gasteiger partial charge < -0.3 is 4.90 Å². The Morgan fingerprint density at radius 3 is 3.38 bits per heavy atom. The molecule has 0 saturated heterocycles. The average molecular weight is 128 g/mol. The number of nitrogens with zero attached hydrogens (tertiary/aromatic N) is 2. The predicted molar refractivity (Wildman–Crippen MR) is 37.9 cm³/mol. The van der Waals surface area contributed by atoms with E-state index in [1.165, 1.54) is 0 Å². The zero-order valence-corrected chi connectivity index (χ0v) is 5.40. The van der Waals surface area contributed by atoms with Gasteiger partial charge in [-0.25, -0.2) is 4.40 Å². The first-order valence-corrected chi connectivity index (χ1v) is 3.38. The molecule has 0 atom stereocenters. The quantitative estimate of drug-likeness (QED) is 0.409. The van der Waals surface area contributed by atoms with E-state index in [2.05, 4.69) is 15.9 Å². The summed E-state index contributed by atoms with van der Waals surface area (Å²) in [6.07, 6.45) is 3.71. The van der Waals surface area contributed by atoms with Crippen LogP contribution in [-0.4, -0.2) is 23.7 Å². The second-order valence-electron chi connectivity index (χ2n) is 1.54. The van der Waals surface area contributed by atoms with Crippen molar-refractivity contribution < 1.29 is 0 Å². The first-order chi connectivity index (χ1) is 3.93. The Bertz CT molecular complexity index is 111. The fraction of sp³-hybridized carbons (Fsp3) is 0.400. The average Bonchev–Trinajstić information content (AvgIpc) is 2.19. The van der Waals surface area contributed by atoms with Crippen molar-refractivity contribution in [1.29, 1.82) is 0 Å². The summed E-state index contributed by atoms with van der Waals surface area (Å²) in [6.45, 7) is 4.52. The molecule has 0 amide bonds. The van der Waals surface area contributed by atoms with Gasteiger partial charge in [-0.2, -0.15) is 0 Å². The van der Waals surface area contributed by atoms with Gasteiger partial charge in [0, 0.05) is 6.54 Å². The van der Waals surface area contributed by atoms with E-state index in [1.54, 1.807) is 11.9 Å². The molecular formula is C5H8N2S. The van der Waals surface area contributed by atoms with Crippen LogP contribution in [0.2, 0.25) is 0 Å². The molecule has 2 nitrogen and oxygen atoms in total. The molecule has 0 saturated carbocycles. The van der Waals surface area contributed by atoms with E-state index in [9.17, 15) is 0 Å². The van der Waals surface area contributed by atoms with E-state index in [4.69, 9.17) is 0 Å². The molecule has 44 valence electrons. The minimum Gasteiger partial charge on any atom is -0.347 e. The molecule has 0 aromatic heterocycles. The van der Waals surface area contributed by atoms with Crippen molar-refractivity contribution in [2.45, 2.75) is 0 Å².